The number of benzene rings is 3. The minimum absolute atomic E-state index is 0.280. The van der Waals surface area contributed by atoms with Crippen LogP contribution in [0, 0.1) is 0 Å². The molecule has 4 aromatic rings. The lowest BCUT2D eigenvalue weighted by Crippen LogP contribution is -1.96. The number of hydrogen-bond donors (Lipinski definition) is 0. The Kier molecular flexibility index (Phi) is 5.56. The van der Waals surface area contributed by atoms with Crippen molar-refractivity contribution in [1.82, 2.24) is 4.98 Å². The van der Waals surface area contributed by atoms with Gasteiger partial charge < -0.3 is 4.42 Å². The van der Waals surface area contributed by atoms with Crippen molar-refractivity contribution in [1.29, 1.82) is 0 Å². The summed E-state index contributed by atoms with van der Waals surface area (Å²) in [5.74, 6) is 1.87. The third-order valence-electron chi connectivity index (χ3n) is 4.37. The molecule has 0 aliphatic carbocycles. The molecule has 1 aromatic heterocycles. The minimum Gasteiger partial charge on any atom is -0.439 e. The van der Waals surface area contributed by atoms with Gasteiger partial charge in [0.05, 0.1) is 10.6 Å². The highest BCUT2D eigenvalue weighted by atomic mass is 32.2. The van der Waals surface area contributed by atoms with Crippen molar-refractivity contribution in [3.63, 3.8) is 0 Å². The van der Waals surface area contributed by atoms with Gasteiger partial charge in [0, 0.05) is 22.3 Å². The van der Waals surface area contributed by atoms with E-state index in [2.05, 4.69) is 12.1 Å². The van der Waals surface area contributed by atoms with Gasteiger partial charge in [0.15, 0.2) is 15.6 Å². The maximum Gasteiger partial charge on any atom is 0.205 e. The normalized spacial score (nSPS) is 11.5. The molecular formula is C23H19NO3S2. The zero-order valence-corrected chi connectivity index (χ0v) is 17.4. The Labute approximate surface area is 174 Å². The van der Waals surface area contributed by atoms with E-state index in [-0.39, 0.29) is 4.90 Å². The van der Waals surface area contributed by atoms with E-state index in [0.717, 1.165) is 21.7 Å². The van der Waals surface area contributed by atoms with Crippen molar-refractivity contribution in [2.75, 3.05) is 6.26 Å². The molecule has 3 aromatic carbocycles. The fraction of sp³-hybridized carbons (Fsp3) is 0.0870. The molecule has 4 nitrogen and oxygen atoms in total. The molecule has 0 bridgehead atoms. The molecule has 0 radical (unpaired) electrons. The van der Waals surface area contributed by atoms with Crippen molar-refractivity contribution in [2.24, 2.45) is 0 Å². The van der Waals surface area contributed by atoms with Gasteiger partial charge >= 0.3 is 0 Å². The number of nitrogens with zero attached hydrogens (tertiary/aromatic N) is 1. The Morgan fingerprint density at radius 1 is 0.828 bits per heavy atom. The first kappa shape index (κ1) is 19.5. The highest BCUT2D eigenvalue weighted by Crippen LogP contribution is 2.35. The molecule has 0 saturated carbocycles. The highest BCUT2D eigenvalue weighted by molar-refractivity contribution is 7.98. The van der Waals surface area contributed by atoms with Crippen molar-refractivity contribution < 1.29 is 12.8 Å². The first-order valence-electron chi connectivity index (χ1n) is 9.04. The minimum atomic E-state index is -3.25. The Morgan fingerprint density at radius 2 is 1.45 bits per heavy atom. The number of thioether (sulfide) groups is 1. The fourth-order valence-corrected chi connectivity index (χ4v) is 4.32. The van der Waals surface area contributed by atoms with Crippen LogP contribution in [0.3, 0.4) is 0 Å². The van der Waals surface area contributed by atoms with Crippen LogP contribution in [0.5, 0.6) is 0 Å². The third kappa shape index (κ3) is 4.60. The summed E-state index contributed by atoms with van der Waals surface area (Å²) in [5, 5.41) is 0. The molecule has 0 amide bonds. The monoisotopic (exact) mass is 421 g/mol. The average Bonchev–Trinajstić information content (AvgIpc) is 3.17. The van der Waals surface area contributed by atoms with Crippen molar-refractivity contribution in [3.8, 4) is 22.6 Å². The van der Waals surface area contributed by atoms with Crippen LogP contribution < -0.4 is 0 Å². The Morgan fingerprint density at radius 3 is 2.07 bits per heavy atom. The second-order valence-electron chi connectivity index (χ2n) is 6.55. The zero-order chi connectivity index (χ0) is 20.3. The van der Waals surface area contributed by atoms with Gasteiger partial charge in [-0.1, -0.05) is 48.5 Å². The van der Waals surface area contributed by atoms with Crippen LogP contribution in [0.2, 0.25) is 0 Å². The van der Waals surface area contributed by atoms with Gasteiger partial charge in [-0.05, 0) is 36.4 Å². The van der Waals surface area contributed by atoms with Crippen molar-refractivity contribution in [2.45, 2.75) is 15.5 Å². The summed E-state index contributed by atoms with van der Waals surface area (Å²) in [4.78, 5) is 6.16. The van der Waals surface area contributed by atoms with E-state index in [1.165, 1.54) is 6.26 Å². The van der Waals surface area contributed by atoms with Gasteiger partial charge in [0.2, 0.25) is 5.89 Å². The highest BCUT2D eigenvalue weighted by Gasteiger charge is 2.18. The lowest BCUT2D eigenvalue weighted by molar-refractivity contribution is 0.530. The topological polar surface area (TPSA) is 60.2 Å². The van der Waals surface area contributed by atoms with Crippen molar-refractivity contribution >= 4 is 21.6 Å². The van der Waals surface area contributed by atoms with Crippen molar-refractivity contribution in [3.05, 3.63) is 90.8 Å². The smallest absolute Gasteiger partial charge is 0.205 e. The Hall–Kier alpha value is -2.83. The van der Waals surface area contributed by atoms with E-state index in [1.54, 1.807) is 36.0 Å². The molecule has 0 atom stereocenters. The first-order valence-corrected chi connectivity index (χ1v) is 11.9. The predicted octanol–water partition coefficient (Wildman–Crippen LogP) is 5.70. The number of rotatable bonds is 6. The van der Waals surface area contributed by atoms with Crippen LogP contribution >= 0.6 is 11.8 Å². The summed E-state index contributed by atoms with van der Waals surface area (Å²) >= 11 is 1.66. The lowest BCUT2D eigenvalue weighted by Gasteiger charge is -2.03. The zero-order valence-electron chi connectivity index (χ0n) is 15.8. The Bertz CT molecular complexity index is 1200. The number of oxazole rings is 1. The molecular weight excluding hydrogens is 402 g/mol. The number of hydrogen-bond acceptors (Lipinski definition) is 5. The van der Waals surface area contributed by atoms with Gasteiger partial charge in [-0.15, -0.1) is 11.8 Å². The molecule has 0 aliphatic heterocycles. The summed E-state index contributed by atoms with van der Waals surface area (Å²) in [6.45, 7) is 0. The molecule has 0 spiro atoms. The van der Waals surface area contributed by atoms with E-state index in [9.17, 15) is 8.42 Å². The van der Waals surface area contributed by atoms with Crippen LogP contribution in [0.1, 0.15) is 5.89 Å². The second kappa shape index (κ2) is 8.27. The summed E-state index contributed by atoms with van der Waals surface area (Å²) in [7, 11) is -3.25. The molecule has 0 aliphatic rings. The van der Waals surface area contributed by atoms with E-state index in [1.807, 2.05) is 48.5 Å². The summed E-state index contributed by atoms with van der Waals surface area (Å²) in [6, 6.07) is 26.7. The predicted molar refractivity (Wildman–Crippen MR) is 116 cm³/mol. The van der Waals surface area contributed by atoms with Gasteiger partial charge in [-0.3, -0.25) is 0 Å². The van der Waals surface area contributed by atoms with Gasteiger partial charge in [-0.2, -0.15) is 0 Å². The van der Waals surface area contributed by atoms with Crippen LogP contribution in [0.25, 0.3) is 22.6 Å². The molecule has 0 saturated heterocycles. The fourth-order valence-electron chi connectivity index (χ4n) is 2.93. The molecule has 0 fully saturated rings. The molecule has 1 heterocycles. The van der Waals surface area contributed by atoms with E-state index >= 15 is 0 Å². The van der Waals surface area contributed by atoms with E-state index in [4.69, 9.17) is 9.40 Å². The van der Waals surface area contributed by atoms with Gasteiger partial charge in [0.1, 0.15) is 5.69 Å². The Balaban J connectivity index is 1.70. The summed E-state index contributed by atoms with van der Waals surface area (Å²) < 4.78 is 29.6. The van der Waals surface area contributed by atoms with Gasteiger partial charge in [-0.25, -0.2) is 13.4 Å². The van der Waals surface area contributed by atoms with Crippen LogP contribution in [0.4, 0.5) is 0 Å². The maximum absolute atomic E-state index is 11.8. The molecule has 146 valence electrons. The lowest BCUT2D eigenvalue weighted by atomic mass is 10.1. The first-order chi connectivity index (χ1) is 14.0. The molecule has 0 N–H and O–H groups in total. The number of aromatic nitrogens is 1. The second-order valence-corrected chi connectivity index (χ2v) is 9.61. The van der Waals surface area contributed by atoms with Crippen LogP contribution in [-0.4, -0.2) is 19.7 Å². The summed E-state index contributed by atoms with van der Waals surface area (Å²) in [5.41, 5.74) is 2.50. The summed E-state index contributed by atoms with van der Waals surface area (Å²) in [6.07, 6.45) is 1.20. The van der Waals surface area contributed by atoms with Crippen LogP contribution in [-0.2, 0) is 15.6 Å². The number of sulfone groups is 1. The van der Waals surface area contributed by atoms with Gasteiger partial charge in [0.25, 0.3) is 0 Å². The quantitative estimate of drug-likeness (QED) is 0.374. The van der Waals surface area contributed by atoms with Crippen LogP contribution in [0.15, 0.2) is 99.1 Å². The SMILES string of the molecule is CS(=O)(=O)c1ccc(-c2oc(CSc3ccccc3)nc2-c2ccccc2)cc1. The molecule has 6 heteroatoms. The third-order valence-corrected chi connectivity index (χ3v) is 6.49. The van der Waals surface area contributed by atoms with E-state index in [0.29, 0.717) is 17.4 Å². The maximum atomic E-state index is 11.8. The molecule has 0 unspecified atom stereocenters. The average molecular weight is 422 g/mol. The van der Waals surface area contributed by atoms with E-state index < -0.39 is 9.84 Å². The standard InChI is InChI=1S/C23H19NO3S2/c1-29(25,26)20-14-12-18(13-15-20)23-22(17-8-4-2-5-9-17)24-21(27-23)16-28-19-10-6-3-7-11-19/h2-15H,16H2,1H3. The largest absolute Gasteiger partial charge is 0.439 e. The molecule has 4 rings (SSSR count). The molecule has 29 heavy (non-hydrogen) atoms.